The number of carbonyl (C=O) groups is 2. The summed E-state index contributed by atoms with van der Waals surface area (Å²) >= 11 is 6.02. The van der Waals surface area contributed by atoms with Crippen molar-refractivity contribution in [1.29, 1.82) is 0 Å². The van der Waals surface area contributed by atoms with Crippen LogP contribution in [0, 0.1) is 0 Å². The van der Waals surface area contributed by atoms with Crippen LogP contribution < -0.4 is 5.32 Å². The molecule has 1 N–H and O–H groups in total. The maximum atomic E-state index is 12.0. The van der Waals surface area contributed by atoms with Crippen molar-refractivity contribution in [2.24, 2.45) is 0 Å². The van der Waals surface area contributed by atoms with Gasteiger partial charge in [-0.05, 0) is 12.1 Å². The minimum Gasteiger partial charge on any atom is -0.383 e. The van der Waals surface area contributed by atoms with Crippen LogP contribution in [0.3, 0.4) is 0 Å². The number of rotatable bonds is 5. The van der Waals surface area contributed by atoms with Gasteiger partial charge in [-0.15, -0.1) is 0 Å². The summed E-state index contributed by atoms with van der Waals surface area (Å²) < 4.78 is 0. The molecule has 1 saturated heterocycles. The lowest BCUT2D eigenvalue weighted by Gasteiger charge is -2.32. The normalized spacial score (nSPS) is 15.1. The minimum atomic E-state index is 0.107. The first-order valence-electron chi connectivity index (χ1n) is 6.66. The maximum Gasteiger partial charge on any atom is 0.224 e. The summed E-state index contributed by atoms with van der Waals surface area (Å²) in [5, 5.41) is 3.81. The zero-order valence-corrected chi connectivity index (χ0v) is 12.0. The van der Waals surface area contributed by atoms with E-state index < -0.39 is 0 Å². The molecule has 1 aliphatic heterocycles. The summed E-state index contributed by atoms with van der Waals surface area (Å²) in [7, 11) is 0. The van der Waals surface area contributed by atoms with Gasteiger partial charge in [0, 0.05) is 39.1 Å². The van der Waals surface area contributed by atoms with Crippen molar-refractivity contribution in [1.82, 2.24) is 9.80 Å². The molecule has 0 saturated carbocycles. The third-order valence-corrected chi connectivity index (χ3v) is 3.67. The molecule has 5 nitrogen and oxygen atoms in total. The Morgan fingerprint density at radius 3 is 2.60 bits per heavy atom. The fourth-order valence-corrected chi connectivity index (χ4v) is 2.35. The van der Waals surface area contributed by atoms with E-state index in [-0.39, 0.29) is 5.91 Å². The van der Waals surface area contributed by atoms with Crippen molar-refractivity contribution >= 4 is 29.6 Å². The zero-order valence-electron chi connectivity index (χ0n) is 11.2. The van der Waals surface area contributed by atoms with E-state index in [1.54, 1.807) is 9.80 Å². The topological polar surface area (TPSA) is 52.7 Å². The number of carbonyl (C=O) groups excluding carboxylic acids is 2. The van der Waals surface area contributed by atoms with Gasteiger partial charge in [-0.2, -0.15) is 0 Å². The number of hydrogen-bond donors (Lipinski definition) is 1. The molecule has 108 valence electrons. The Kier molecular flexibility index (Phi) is 5.24. The Morgan fingerprint density at radius 1 is 1.25 bits per heavy atom. The molecule has 2 rings (SSSR count). The molecule has 0 unspecified atom stereocenters. The fraction of sp³-hybridized carbons (Fsp3) is 0.429. The van der Waals surface area contributed by atoms with Crippen molar-refractivity contribution in [2.45, 2.75) is 6.42 Å². The number of halogens is 1. The van der Waals surface area contributed by atoms with Gasteiger partial charge in [0.1, 0.15) is 0 Å². The Morgan fingerprint density at radius 2 is 1.95 bits per heavy atom. The van der Waals surface area contributed by atoms with Gasteiger partial charge < -0.3 is 15.1 Å². The quantitative estimate of drug-likeness (QED) is 0.837. The monoisotopic (exact) mass is 295 g/mol. The van der Waals surface area contributed by atoms with Gasteiger partial charge in [-0.3, -0.25) is 9.59 Å². The van der Waals surface area contributed by atoms with E-state index in [0.29, 0.717) is 44.2 Å². The summed E-state index contributed by atoms with van der Waals surface area (Å²) in [6.45, 7) is 3.02. The molecule has 20 heavy (non-hydrogen) atoms. The van der Waals surface area contributed by atoms with E-state index in [9.17, 15) is 9.59 Å². The zero-order chi connectivity index (χ0) is 14.4. The minimum absolute atomic E-state index is 0.107. The predicted octanol–water partition coefficient (Wildman–Crippen LogP) is 1.44. The van der Waals surface area contributed by atoms with Crippen LogP contribution in [0.1, 0.15) is 6.42 Å². The van der Waals surface area contributed by atoms with Crippen molar-refractivity contribution < 1.29 is 9.59 Å². The van der Waals surface area contributed by atoms with Crippen molar-refractivity contribution in [2.75, 3.05) is 38.0 Å². The van der Waals surface area contributed by atoms with Crippen LogP contribution in [-0.4, -0.2) is 54.8 Å². The molecule has 1 fully saturated rings. The SMILES string of the molecule is O=CN1CCN(C(=O)CCNc2ccccc2Cl)CC1. The second-order valence-corrected chi connectivity index (χ2v) is 5.09. The first-order chi connectivity index (χ1) is 9.70. The number of piperazine rings is 1. The standard InChI is InChI=1S/C14H18ClN3O2/c15-12-3-1-2-4-13(12)16-6-5-14(20)18-9-7-17(11-19)8-10-18/h1-4,11,16H,5-10H2. The molecule has 0 spiro atoms. The average Bonchev–Trinajstić information content (AvgIpc) is 2.49. The van der Waals surface area contributed by atoms with Gasteiger partial charge in [0.05, 0.1) is 10.7 Å². The van der Waals surface area contributed by atoms with Crippen LogP contribution in [-0.2, 0) is 9.59 Å². The van der Waals surface area contributed by atoms with Gasteiger partial charge >= 0.3 is 0 Å². The predicted molar refractivity (Wildman–Crippen MR) is 78.8 cm³/mol. The molecule has 0 aromatic heterocycles. The van der Waals surface area contributed by atoms with Crippen molar-refractivity contribution in [3.8, 4) is 0 Å². The van der Waals surface area contributed by atoms with E-state index in [2.05, 4.69) is 5.32 Å². The molecule has 0 bridgehead atoms. The summed E-state index contributed by atoms with van der Waals surface area (Å²) in [5.74, 6) is 0.107. The molecule has 0 radical (unpaired) electrons. The lowest BCUT2D eigenvalue weighted by molar-refractivity contribution is -0.134. The highest BCUT2D eigenvalue weighted by atomic mass is 35.5. The Hall–Kier alpha value is -1.75. The van der Waals surface area contributed by atoms with Gasteiger partial charge in [0.25, 0.3) is 0 Å². The molecular formula is C14H18ClN3O2. The molecule has 0 atom stereocenters. The number of nitrogens with zero attached hydrogens (tertiary/aromatic N) is 2. The second kappa shape index (κ2) is 7.14. The second-order valence-electron chi connectivity index (χ2n) is 4.68. The average molecular weight is 296 g/mol. The summed E-state index contributed by atoms with van der Waals surface area (Å²) in [6, 6.07) is 7.46. The number of amides is 2. The first kappa shape index (κ1) is 14.7. The molecule has 1 aromatic rings. The third-order valence-electron chi connectivity index (χ3n) is 3.34. The molecule has 1 heterocycles. The van der Waals surface area contributed by atoms with Crippen LogP contribution in [0.25, 0.3) is 0 Å². The van der Waals surface area contributed by atoms with Crippen LogP contribution in [0.15, 0.2) is 24.3 Å². The molecule has 1 aromatic carbocycles. The van der Waals surface area contributed by atoms with Gasteiger partial charge in [-0.25, -0.2) is 0 Å². The largest absolute Gasteiger partial charge is 0.383 e. The fourth-order valence-electron chi connectivity index (χ4n) is 2.14. The number of para-hydroxylation sites is 1. The van der Waals surface area contributed by atoms with Crippen molar-refractivity contribution in [3.63, 3.8) is 0 Å². The Bertz CT molecular complexity index is 473. The highest BCUT2D eigenvalue weighted by molar-refractivity contribution is 6.33. The first-order valence-corrected chi connectivity index (χ1v) is 7.04. The van der Waals surface area contributed by atoms with E-state index >= 15 is 0 Å². The smallest absolute Gasteiger partial charge is 0.224 e. The Labute approximate surface area is 123 Å². The van der Waals surface area contributed by atoms with Crippen LogP contribution in [0.5, 0.6) is 0 Å². The summed E-state index contributed by atoms with van der Waals surface area (Å²) in [4.78, 5) is 26.1. The lowest BCUT2D eigenvalue weighted by atomic mass is 10.2. The van der Waals surface area contributed by atoms with Crippen LogP contribution >= 0.6 is 11.6 Å². The molecule has 0 aliphatic carbocycles. The van der Waals surface area contributed by atoms with Crippen LogP contribution in [0.4, 0.5) is 5.69 Å². The highest BCUT2D eigenvalue weighted by Crippen LogP contribution is 2.20. The van der Waals surface area contributed by atoms with Crippen molar-refractivity contribution in [3.05, 3.63) is 29.3 Å². The third kappa shape index (κ3) is 3.87. The molecule has 1 aliphatic rings. The number of anilines is 1. The maximum absolute atomic E-state index is 12.0. The molecule has 6 heteroatoms. The van der Waals surface area contributed by atoms with E-state index in [1.807, 2.05) is 24.3 Å². The number of hydrogen-bond acceptors (Lipinski definition) is 3. The number of benzene rings is 1. The van der Waals surface area contributed by atoms with E-state index in [4.69, 9.17) is 11.6 Å². The number of nitrogens with one attached hydrogen (secondary N) is 1. The van der Waals surface area contributed by atoms with Gasteiger partial charge in [-0.1, -0.05) is 23.7 Å². The molecular weight excluding hydrogens is 278 g/mol. The van der Waals surface area contributed by atoms with Gasteiger partial charge in [0.15, 0.2) is 0 Å². The Balaban J connectivity index is 1.73. The van der Waals surface area contributed by atoms with Gasteiger partial charge in [0.2, 0.25) is 12.3 Å². The van der Waals surface area contributed by atoms with Crippen LogP contribution in [0.2, 0.25) is 5.02 Å². The van der Waals surface area contributed by atoms with E-state index in [0.717, 1.165) is 12.1 Å². The lowest BCUT2D eigenvalue weighted by Crippen LogP contribution is -2.48. The summed E-state index contributed by atoms with van der Waals surface area (Å²) in [6.07, 6.45) is 1.26. The molecule has 2 amide bonds. The highest BCUT2D eigenvalue weighted by Gasteiger charge is 2.19. The van der Waals surface area contributed by atoms with E-state index in [1.165, 1.54) is 0 Å². The summed E-state index contributed by atoms with van der Waals surface area (Å²) in [5.41, 5.74) is 0.841.